The van der Waals surface area contributed by atoms with Crippen LogP contribution in [0, 0.1) is 12.7 Å². The fourth-order valence-electron chi connectivity index (χ4n) is 2.92. The molecule has 1 fully saturated rings. The SMILES string of the molecule is Cc1ccc(N2C(=O)[C@@H]3[C@@H](N=NN3c3ccc(F)cc3)C2=O)cc1. The Morgan fingerprint density at radius 3 is 2.21 bits per heavy atom. The Bertz CT molecular complexity index is 848. The Morgan fingerprint density at radius 2 is 1.54 bits per heavy atom. The molecule has 120 valence electrons. The molecule has 0 unspecified atom stereocenters. The van der Waals surface area contributed by atoms with Crippen molar-refractivity contribution in [3.63, 3.8) is 0 Å². The van der Waals surface area contributed by atoms with Gasteiger partial charge in [0.05, 0.1) is 11.4 Å². The molecule has 24 heavy (non-hydrogen) atoms. The fraction of sp³-hybridized carbons (Fsp3) is 0.176. The van der Waals surface area contributed by atoms with Crippen LogP contribution in [0.15, 0.2) is 58.9 Å². The molecule has 6 nitrogen and oxygen atoms in total. The molecule has 2 aliphatic rings. The first-order valence-corrected chi connectivity index (χ1v) is 7.46. The van der Waals surface area contributed by atoms with E-state index in [9.17, 15) is 14.0 Å². The van der Waals surface area contributed by atoms with Gasteiger partial charge >= 0.3 is 0 Å². The summed E-state index contributed by atoms with van der Waals surface area (Å²) in [4.78, 5) is 26.5. The second-order valence-corrected chi connectivity index (χ2v) is 5.76. The molecule has 7 heteroatoms. The monoisotopic (exact) mass is 324 g/mol. The molecular formula is C17H13FN4O2. The molecule has 0 bridgehead atoms. The molecule has 2 aliphatic heterocycles. The van der Waals surface area contributed by atoms with Gasteiger partial charge in [-0.1, -0.05) is 22.9 Å². The third-order valence-electron chi connectivity index (χ3n) is 4.17. The van der Waals surface area contributed by atoms with Gasteiger partial charge in [-0.05, 0) is 43.3 Å². The Labute approximate surface area is 137 Å². The van der Waals surface area contributed by atoms with Crippen LogP contribution in [0.4, 0.5) is 15.8 Å². The molecule has 0 aliphatic carbocycles. The molecule has 4 rings (SSSR count). The van der Waals surface area contributed by atoms with E-state index in [0.717, 1.165) is 10.5 Å². The van der Waals surface area contributed by atoms with E-state index in [2.05, 4.69) is 10.3 Å². The van der Waals surface area contributed by atoms with Crippen LogP contribution in [0.5, 0.6) is 0 Å². The van der Waals surface area contributed by atoms with E-state index in [1.54, 1.807) is 12.1 Å². The van der Waals surface area contributed by atoms with Crippen molar-refractivity contribution in [2.24, 2.45) is 10.3 Å². The number of nitrogens with zero attached hydrogens (tertiary/aromatic N) is 4. The number of carbonyl (C=O) groups excluding carboxylic acids is 2. The summed E-state index contributed by atoms with van der Waals surface area (Å²) in [5.74, 6) is -1.17. The molecule has 0 spiro atoms. The fourth-order valence-corrected chi connectivity index (χ4v) is 2.92. The second kappa shape index (κ2) is 5.23. The van der Waals surface area contributed by atoms with Crippen LogP contribution in [0.2, 0.25) is 0 Å². The topological polar surface area (TPSA) is 65.3 Å². The van der Waals surface area contributed by atoms with Crippen LogP contribution in [0.25, 0.3) is 0 Å². The van der Waals surface area contributed by atoms with Crippen LogP contribution in [0.3, 0.4) is 0 Å². The van der Waals surface area contributed by atoms with Gasteiger partial charge in [-0.3, -0.25) is 9.59 Å². The number of halogens is 1. The van der Waals surface area contributed by atoms with Crippen molar-refractivity contribution in [2.45, 2.75) is 19.0 Å². The summed E-state index contributed by atoms with van der Waals surface area (Å²) < 4.78 is 13.1. The summed E-state index contributed by atoms with van der Waals surface area (Å²) in [6.45, 7) is 1.93. The predicted octanol–water partition coefficient (Wildman–Crippen LogP) is 2.63. The standard InChI is InChI=1S/C17H13FN4O2/c1-10-2-6-12(7-3-10)21-16(23)14-15(17(21)24)22(20-19-14)13-8-4-11(18)5-9-13/h2-9,14-15H,1H3/t14-,15+/m1/s1. The molecule has 0 saturated carbocycles. The largest absolute Gasteiger partial charge is 0.271 e. The van der Waals surface area contributed by atoms with E-state index in [1.165, 1.54) is 29.3 Å². The lowest BCUT2D eigenvalue weighted by Crippen LogP contribution is -2.39. The van der Waals surface area contributed by atoms with Crippen LogP contribution in [0.1, 0.15) is 5.56 Å². The molecule has 2 atom stereocenters. The van der Waals surface area contributed by atoms with Crippen LogP contribution < -0.4 is 9.91 Å². The van der Waals surface area contributed by atoms with E-state index in [4.69, 9.17) is 0 Å². The molecule has 0 aromatic heterocycles. The zero-order valence-electron chi connectivity index (χ0n) is 12.8. The van der Waals surface area contributed by atoms with E-state index in [1.807, 2.05) is 19.1 Å². The molecular weight excluding hydrogens is 311 g/mol. The second-order valence-electron chi connectivity index (χ2n) is 5.76. The highest BCUT2D eigenvalue weighted by molar-refractivity contribution is 6.26. The highest BCUT2D eigenvalue weighted by Crippen LogP contribution is 2.34. The lowest BCUT2D eigenvalue weighted by molar-refractivity contribution is -0.121. The maximum Gasteiger partial charge on any atom is 0.263 e. The van der Waals surface area contributed by atoms with E-state index < -0.39 is 18.0 Å². The Hall–Kier alpha value is -3.09. The number of hydrogen-bond donors (Lipinski definition) is 0. The lowest BCUT2D eigenvalue weighted by Gasteiger charge is -2.20. The average Bonchev–Trinajstić information content (AvgIpc) is 3.11. The first-order valence-electron chi connectivity index (χ1n) is 7.46. The Kier molecular flexibility index (Phi) is 3.16. The minimum atomic E-state index is -0.871. The zero-order valence-corrected chi connectivity index (χ0v) is 12.8. The van der Waals surface area contributed by atoms with Gasteiger partial charge < -0.3 is 0 Å². The van der Waals surface area contributed by atoms with Gasteiger partial charge in [0.2, 0.25) is 0 Å². The number of aryl methyl sites for hydroxylation is 1. The Balaban J connectivity index is 1.69. The number of amides is 2. The summed E-state index contributed by atoms with van der Waals surface area (Å²) in [5.41, 5.74) is 2.06. The van der Waals surface area contributed by atoms with Gasteiger partial charge in [0.15, 0.2) is 12.1 Å². The van der Waals surface area contributed by atoms with E-state index in [0.29, 0.717) is 11.4 Å². The number of rotatable bonds is 2. The molecule has 0 radical (unpaired) electrons. The maximum absolute atomic E-state index is 13.1. The molecule has 2 heterocycles. The van der Waals surface area contributed by atoms with Crippen molar-refractivity contribution in [1.29, 1.82) is 0 Å². The van der Waals surface area contributed by atoms with Gasteiger partial charge in [-0.15, -0.1) is 0 Å². The van der Waals surface area contributed by atoms with Crippen molar-refractivity contribution < 1.29 is 14.0 Å². The Morgan fingerprint density at radius 1 is 0.917 bits per heavy atom. The van der Waals surface area contributed by atoms with Crippen LogP contribution in [-0.2, 0) is 9.59 Å². The number of fused-ring (bicyclic) bond motifs is 1. The molecule has 2 aromatic rings. The molecule has 0 N–H and O–H groups in total. The van der Waals surface area contributed by atoms with Gasteiger partial charge in [0.1, 0.15) is 5.82 Å². The van der Waals surface area contributed by atoms with Gasteiger partial charge in [0, 0.05) is 0 Å². The highest BCUT2D eigenvalue weighted by atomic mass is 19.1. The first kappa shape index (κ1) is 14.5. The minimum Gasteiger partial charge on any atom is -0.271 e. The minimum absolute atomic E-state index is 0.386. The number of carbonyl (C=O) groups is 2. The van der Waals surface area contributed by atoms with Crippen molar-refractivity contribution in [3.05, 3.63) is 59.9 Å². The van der Waals surface area contributed by atoms with Crippen molar-refractivity contribution >= 4 is 23.2 Å². The number of benzene rings is 2. The van der Waals surface area contributed by atoms with Crippen LogP contribution >= 0.6 is 0 Å². The normalized spacial score (nSPS) is 22.4. The number of imide groups is 1. The van der Waals surface area contributed by atoms with Crippen LogP contribution in [-0.4, -0.2) is 23.9 Å². The smallest absolute Gasteiger partial charge is 0.263 e. The zero-order chi connectivity index (χ0) is 16.8. The summed E-state index contributed by atoms with van der Waals surface area (Å²) in [6.07, 6.45) is 0. The van der Waals surface area contributed by atoms with Crippen molar-refractivity contribution in [1.82, 2.24) is 0 Å². The maximum atomic E-state index is 13.1. The number of hydrogen-bond acceptors (Lipinski definition) is 5. The van der Waals surface area contributed by atoms with E-state index >= 15 is 0 Å². The first-order chi connectivity index (χ1) is 11.6. The lowest BCUT2D eigenvalue weighted by atomic mass is 10.1. The van der Waals surface area contributed by atoms with Crippen molar-refractivity contribution in [3.8, 4) is 0 Å². The third-order valence-corrected chi connectivity index (χ3v) is 4.17. The van der Waals surface area contributed by atoms with Gasteiger partial charge in [-0.25, -0.2) is 14.3 Å². The summed E-state index contributed by atoms with van der Waals surface area (Å²) in [5, 5.41) is 9.25. The molecule has 1 saturated heterocycles. The summed E-state index contributed by atoms with van der Waals surface area (Å²) in [7, 11) is 0. The van der Waals surface area contributed by atoms with Gasteiger partial charge in [0.25, 0.3) is 11.8 Å². The summed E-state index contributed by atoms with van der Waals surface area (Å²) >= 11 is 0. The van der Waals surface area contributed by atoms with Gasteiger partial charge in [-0.2, -0.15) is 5.11 Å². The highest BCUT2D eigenvalue weighted by Gasteiger charge is 2.55. The summed E-state index contributed by atoms with van der Waals surface area (Å²) in [6, 6.07) is 11.0. The van der Waals surface area contributed by atoms with Crippen molar-refractivity contribution in [2.75, 3.05) is 9.91 Å². The quantitative estimate of drug-likeness (QED) is 0.798. The molecule has 2 aromatic carbocycles. The predicted molar refractivity (Wildman–Crippen MR) is 85.0 cm³/mol. The average molecular weight is 324 g/mol. The molecule has 2 amide bonds. The van der Waals surface area contributed by atoms with E-state index in [-0.39, 0.29) is 11.7 Å². The third kappa shape index (κ3) is 2.09. The number of anilines is 2.